The minimum absolute atomic E-state index is 0.147. The Hall–Kier alpha value is -1.26. The standard InChI is InChI=1S/C9H10F3NO.C2H6/c1-6(2)7-3-4-13-8(5-7)14-9(10,11)12;1-2/h3-6H,1-2H3;1-2H3. The van der Waals surface area contributed by atoms with E-state index in [0.29, 0.717) is 0 Å². The smallest absolute Gasteiger partial charge is 0.388 e. The van der Waals surface area contributed by atoms with Crippen molar-refractivity contribution in [3.8, 4) is 5.88 Å². The lowest BCUT2D eigenvalue weighted by Gasteiger charge is -2.10. The zero-order chi connectivity index (χ0) is 12.8. The number of pyridine rings is 1. The quantitative estimate of drug-likeness (QED) is 0.768. The number of nitrogens with zero attached hydrogens (tertiary/aromatic N) is 1. The van der Waals surface area contributed by atoms with Gasteiger partial charge in [-0.2, -0.15) is 0 Å². The Morgan fingerprint density at radius 2 is 1.81 bits per heavy atom. The lowest BCUT2D eigenvalue weighted by atomic mass is 10.1. The fourth-order valence-corrected chi connectivity index (χ4v) is 0.958. The molecule has 0 unspecified atom stereocenters. The van der Waals surface area contributed by atoms with E-state index < -0.39 is 12.2 Å². The number of rotatable bonds is 2. The van der Waals surface area contributed by atoms with Crippen LogP contribution in [-0.4, -0.2) is 11.3 Å². The van der Waals surface area contributed by atoms with Crippen LogP contribution in [-0.2, 0) is 0 Å². The normalized spacial score (nSPS) is 10.8. The van der Waals surface area contributed by atoms with Crippen LogP contribution in [0.1, 0.15) is 39.2 Å². The molecule has 0 amide bonds. The van der Waals surface area contributed by atoms with E-state index >= 15 is 0 Å². The van der Waals surface area contributed by atoms with Gasteiger partial charge in [0.15, 0.2) is 0 Å². The average Bonchev–Trinajstić information content (AvgIpc) is 2.18. The molecule has 0 fully saturated rings. The first kappa shape index (κ1) is 14.7. The largest absolute Gasteiger partial charge is 0.574 e. The topological polar surface area (TPSA) is 22.1 Å². The summed E-state index contributed by atoms with van der Waals surface area (Å²) in [6.07, 6.45) is -3.38. The maximum atomic E-state index is 11.8. The molecule has 16 heavy (non-hydrogen) atoms. The van der Waals surface area contributed by atoms with Crippen molar-refractivity contribution in [1.29, 1.82) is 0 Å². The van der Waals surface area contributed by atoms with Gasteiger partial charge in [0.25, 0.3) is 0 Å². The lowest BCUT2D eigenvalue weighted by molar-refractivity contribution is -0.276. The van der Waals surface area contributed by atoms with Crippen molar-refractivity contribution in [2.45, 2.75) is 40.0 Å². The molecule has 2 nitrogen and oxygen atoms in total. The summed E-state index contributed by atoms with van der Waals surface area (Å²) < 4.78 is 39.1. The molecule has 0 bridgehead atoms. The number of alkyl halides is 3. The van der Waals surface area contributed by atoms with Gasteiger partial charge in [-0.3, -0.25) is 0 Å². The molecule has 0 saturated heterocycles. The van der Waals surface area contributed by atoms with Crippen molar-refractivity contribution in [3.05, 3.63) is 23.9 Å². The second-order valence-electron chi connectivity index (χ2n) is 3.13. The maximum absolute atomic E-state index is 11.8. The molecule has 1 heterocycles. The minimum Gasteiger partial charge on any atom is -0.388 e. The van der Waals surface area contributed by atoms with E-state index in [0.717, 1.165) is 5.56 Å². The first-order chi connectivity index (χ1) is 7.38. The highest BCUT2D eigenvalue weighted by Crippen LogP contribution is 2.23. The van der Waals surface area contributed by atoms with Crippen molar-refractivity contribution >= 4 is 0 Å². The van der Waals surface area contributed by atoms with Crippen LogP contribution in [0.25, 0.3) is 0 Å². The van der Waals surface area contributed by atoms with Crippen molar-refractivity contribution in [2.24, 2.45) is 0 Å². The Kier molecular flexibility index (Phi) is 5.85. The number of hydrogen-bond donors (Lipinski definition) is 0. The first-order valence-electron chi connectivity index (χ1n) is 5.10. The fraction of sp³-hybridized carbons (Fsp3) is 0.545. The summed E-state index contributed by atoms with van der Waals surface area (Å²) in [5.74, 6) is -0.266. The molecule has 5 heteroatoms. The van der Waals surface area contributed by atoms with Crippen molar-refractivity contribution in [2.75, 3.05) is 0 Å². The lowest BCUT2D eigenvalue weighted by Crippen LogP contribution is -2.18. The molecule has 0 spiro atoms. The van der Waals surface area contributed by atoms with Crippen LogP contribution < -0.4 is 4.74 Å². The van der Waals surface area contributed by atoms with Crippen LogP contribution in [0.2, 0.25) is 0 Å². The molecule has 0 atom stereocenters. The summed E-state index contributed by atoms with van der Waals surface area (Å²) in [4.78, 5) is 3.46. The van der Waals surface area contributed by atoms with Crippen LogP contribution in [0.5, 0.6) is 5.88 Å². The van der Waals surface area contributed by atoms with E-state index in [9.17, 15) is 13.2 Å². The van der Waals surface area contributed by atoms with E-state index in [1.807, 2.05) is 27.7 Å². The zero-order valence-electron chi connectivity index (χ0n) is 9.80. The minimum atomic E-state index is -4.68. The van der Waals surface area contributed by atoms with E-state index in [-0.39, 0.29) is 5.92 Å². The van der Waals surface area contributed by atoms with Crippen molar-refractivity contribution in [3.63, 3.8) is 0 Å². The Balaban J connectivity index is 0.00000106. The number of hydrogen-bond acceptors (Lipinski definition) is 2. The molecule has 1 aromatic heterocycles. The molecule has 0 aromatic carbocycles. The van der Waals surface area contributed by atoms with Gasteiger partial charge >= 0.3 is 6.36 Å². The summed E-state index contributed by atoms with van der Waals surface area (Å²) in [6, 6.07) is 2.95. The third-order valence-corrected chi connectivity index (χ3v) is 1.65. The number of ether oxygens (including phenoxy) is 1. The highest BCUT2D eigenvalue weighted by Gasteiger charge is 2.31. The van der Waals surface area contributed by atoms with Crippen molar-refractivity contribution in [1.82, 2.24) is 4.98 Å². The first-order valence-corrected chi connectivity index (χ1v) is 5.10. The van der Waals surface area contributed by atoms with E-state index in [2.05, 4.69) is 9.72 Å². The fourth-order valence-electron chi connectivity index (χ4n) is 0.958. The summed E-state index contributed by atoms with van der Waals surface area (Å²) in [5, 5.41) is 0. The third-order valence-electron chi connectivity index (χ3n) is 1.65. The second kappa shape index (κ2) is 6.35. The van der Waals surface area contributed by atoms with Crippen LogP contribution in [0, 0.1) is 0 Å². The molecule has 0 aliphatic rings. The van der Waals surface area contributed by atoms with E-state index in [1.54, 1.807) is 6.07 Å². The van der Waals surface area contributed by atoms with E-state index in [1.165, 1.54) is 12.3 Å². The molecule has 0 saturated carbocycles. The summed E-state index contributed by atoms with van der Waals surface area (Å²) >= 11 is 0. The highest BCUT2D eigenvalue weighted by atomic mass is 19.4. The van der Waals surface area contributed by atoms with Gasteiger partial charge in [0.1, 0.15) is 0 Å². The molecule has 0 radical (unpaired) electrons. The monoisotopic (exact) mass is 235 g/mol. The van der Waals surface area contributed by atoms with Gasteiger partial charge in [0.2, 0.25) is 5.88 Å². The van der Waals surface area contributed by atoms with Gasteiger partial charge in [-0.05, 0) is 17.5 Å². The number of aromatic nitrogens is 1. The molecule has 1 aromatic rings. The van der Waals surface area contributed by atoms with Crippen molar-refractivity contribution < 1.29 is 17.9 Å². The van der Waals surface area contributed by atoms with Gasteiger partial charge in [-0.15, -0.1) is 13.2 Å². The molecule has 1 rings (SSSR count). The van der Waals surface area contributed by atoms with E-state index in [4.69, 9.17) is 0 Å². The Labute approximate surface area is 93.5 Å². The molecule has 92 valence electrons. The maximum Gasteiger partial charge on any atom is 0.574 e. The molecular weight excluding hydrogens is 219 g/mol. The van der Waals surface area contributed by atoms with Gasteiger partial charge in [-0.1, -0.05) is 27.7 Å². The summed E-state index contributed by atoms with van der Waals surface area (Å²) in [7, 11) is 0. The Morgan fingerprint density at radius 3 is 2.25 bits per heavy atom. The van der Waals surface area contributed by atoms with Crippen LogP contribution in [0.4, 0.5) is 13.2 Å². The third kappa shape index (κ3) is 5.58. The summed E-state index contributed by atoms with van der Waals surface area (Å²) in [5.41, 5.74) is 0.763. The number of halogens is 3. The average molecular weight is 235 g/mol. The predicted molar refractivity (Wildman–Crippen MR) is 56.4 cm³/mol. The molecular formula is C11H16F3NO. The van der Waals surface area contributed by atoms with Gasteiger partial charge < -0.3 is 4.74 Å². The Bertz CT molecular complexity index is 310. The molecule has 0 N–H and O–H groups in total. The highest BCUT2D eigenvalue weighted by molar-refractivity contribution is 5.23. The molecule has 0 aliphatic carbocycles. The summed E-state index contributed by atoms with van der Waals surface area (Å²) in [6.45, 7) is 7.76. The van der Waals surface area contributed by atoms with Crippen LogP contribution >= 0.6 is 0 Å². The van der Waals surface area contributed by atoms with Gasteiger partial charge in [0, 0.05) is 12.3 Å². The SMILES string of the molecule is CC.CC(C)c1ccnc(OC(F)(F)F)c1. The van der Waals surface area contributed by atoms with Crippen LogP contribution in [0.15, 0.2) is 18.3 Å². The van der Waals surface area contributed by atoms with Crippen LogP contribution in [0.3, 0.4) is 0 Å². The van der Waals surface area contributed by atoms with Gasteiger partial charge in [-0.25, -0.2) is 4.98 Å². The van der Waals surface area contributed by atoms with Gasteiger partial charge in [0.05, 0.1) is 0 Å². The Morgan fingerprint density at radius 1 is 1.25 bits per heavy atom. The zero-order valence-corrected chi connectivity index (χ0v) is 9.80. The predicted octanol–water partition coefficient (Wildman–Crippen LogP) is 4.13. The molecule has 0 aliphatic heterocycles. The second-order valence-corrected chi connectivity index (χ2v) is 3.13.